The van der Waals surface area contributed by atoms with E-state index in [0.717, 1.165) is 41.0 Å². The van der Waals surface area contributed by atoms with Crippen LogP contribution in [0.1, 0.15) is 27.3 Å². The number of rotatable bonds is 3. The average Bonchev–Trinajstić information content (AvgIpc) is 3.15. The Balaban J connectivity index is 1.51. The van der Waals surface area contributed by atoms with Crippen LogP contribution in [-0.4, -0.2) is 34.4 Å². The summed E-state index contributed by atoms with van der Waals surface area (Å²) in [7, 11) is 2.05. The fourth-order valence-electron chi connectivity index (χ4n) is 3.10. The number of fused-ring (bicyclic) bond motifs is 2. The lowest BCUT2D eigenvalue weighted by Crippen LogP contribution is -2.32. The van der Waals surface area contributed by atoms with Crippen molar-refractivity contribution < 1.29 is 4.79 Å². The van der Waals surface area contributed by atoms with E-state index < -0.39 is 0 Å². The van der Waals surface area contributed by atoms with Crippen molar-refractivity contribution in [3.05, 3.63) is 55.4 Å². The van der Waals surface area contributed by atoms with Gasteiger partial charge in [0.25, 0.3) is 11.5 Å². The number of carbonyl (C=O) groups excluding carboxylic acids is 1. The lowest BCUT2D eigenvalue weighted by atomic mass is 10.0. The summed E-state index contributed by atoms with van der Waals surface area (Å²) in [6, 6.07) is 3.67. The molecule has 0 aromatic carbocycles. The van der Waals surface area contributed by atoms with E-state index in [0.29, 0.717) is 16.3 Å². The van der Waals surface area contributed by atoms with Crippen molar-refractivity contribution in [3.63, 3.8) is 0 Å². The number of nitrogens with zero attached hydrogens (tertiary/aromatic N) is 1. The molecule has 1 aliphatic heterocycles. The number of H-pyrrole nitrogens is 2. The summed E-state index contributed by atoms with van der Waals surface area (Å²) in [6.45, 7) is 1.93. The van der Waals surface area contributed by atoms with Crippen LogP contribution >= 0.6 is 22.9 Å². The predicted molar refractivity (Wildman–Crippen MR) is 99.5 cm³/mol. The third-order valence-electron chi connectivity index (χ3n) is 4.47. The van der Waals surface area contributed by atoms with Gasteiger partial charge >= 0.3 is 0 Å². The first-order valence-electron chi connectivity index (χ1n) is 7.97. The zero-order chi connectivity index (χ0) is 17.6. The fraction of sp³-hybridized carbons (Fsp3) is 0.294. The van der Waals surface area contributed by atoms with E-state index >= 15 is 0 Å². The minimum absolute atomic E-state index is 0.140. The van der Waals surface area contributed by atoms with E-state index in [1.54, 1.807) is 6.07 Å². The molecule has 0 aliphatic carbocycles. The molecule has 0 fully saturated rings. The number of amides is 1. The molecule has 8 heteroatoms. The maximum Gasteiger partial charge on any atom is 0.268 e. The van der Waals surface area contributed by atoms with E-state index in [9.17, 15) is 9.59 Å². The van der Waals surface area contributed by atoms with Crippen LogP contribution in [0.5, 0.6) is 0 Å². The van der Waals surface area contributed by atoms with Gasteiger partial charge in [-0.1, -0.05) is 11.6 Å². The van der Waals surface area contributed by atoms with Gasteiger partial charge in [-0.2, -0.15) is 0 Å². The first-order chi connectivity index (χ1) is 12.0. The van der Waals surface area contributed by atoms with Gasteiger partial charge in [-0.25, -0.2) is 0 Å². The molecule has 130 valence electrons. The number of halogens is 1. The lowest BCUT2D eigenvalue weighted by Gasteiger charge is -2.24. The highest BCUT2D eigenvalue weighted by atomic mass is 35.5. The Hall–Kier alpha value is -2.09. The Morgan fingerprint density at radius 1 is 1.40 bits per heavy atom. The number of hydrogen-bond acceptors (Lipinski definition) is 4. The normalized spacial score (nSPS) is 14.6. The van der Waals surface area contributed by atoms with Gasteiger partial charge in [0.15, 0.2) is 0 Å². The second-order valence-corrected chi connectivity index (χ2v) is 7.62. The highest BCUT2D eigenvalue weighted by Gasteiger charge is 2.17. The number of hydrogen-bond donors (Lipinski definition) is 3. The van der Waals surface area contributed by atoms with Crippen LogP contribution in [0.3, 0.4) is 0 Å². The summed E-state index contributed by atoms with van der Waals surface area (Å²) in [5, 5.41) is 5.24. The molecular weight excluding hydrogens is 360 g/mol. The predicted octanol–water partition coefficient (Wildman–Crippen LogP) is 2.49. The van der Waals surface area contributed by atoms with Gasteiger partial charge in [0.2, 0.25) is 0 Å². The number of nitrogens with one attached hydrogen (secondary N) is 3. The maximum atomic E-state index is 12.3. The molecule has 3 aromatic rings. The third kappa shape index (κ3) is 3.10. The first kappa shape index (κ1) is 16.4. The van der Waals surface area contributed by atoms with Gasteiger partial charge in [-0.15, -0.1) is 11.3 Å². The summed E-state index contributed by atoms with van der Waals surface area (Å²) < 4.78 is 0.935. The second kappa shape index (κ2) is 6.33. The molecule has 0 saturated carbocycles. The van der Waals surface area contributed by atoms with E-state index in [1.165, 1.54) is 11.3 Å². The summed E-state index contributed by atoms with van der Waals surface area (Å²) in [4.78, 5) is 32.7. The molecule has 1 amide bonds. The smallest absolute Gasteiger partial charge is 0.268 e. The molecule has 0 spiro atoms. The third-order valence-corrected chi connectivity index (χ3v) is 5.83. The second-order valence-electron chi connectivity index (χ2n) is 6.30. The lowest BCUT2D eigenvalue weighted by molar-refractivity contribution is 0.0946. The van der Waals surface area contributed by atoms with E-state index in [4.69, 9.17) is 11.6 Å². The Kier molecular flexibility index (Phi) is 4.15. The minimum atomic E-state index is -0.256. The Labute approximate surface area is 152 Å². The SMILES string of the molecule is CN1CCc2[nH]c(=O)c(CNC(=O)c3cc4scc(Cl)c4[nH]3)cc2C1. The average molecular weight is 377 g/mol. The van der Waals surface area contributed by atoms with Crippen LogP contribution in [0, 0.1) is 0 Å². The van der Waals surface area contributed by atoms with Gasteiger partial charge in [0.05, 0.1) is 15.2 Å². The maximum absolute atomic E-state index is 12.3. The molecule has 4 rings (SSSR count). The molecular formula is C17H17ClN4O2S. The monoisotopic (exact) mass is 376 g/mol. The molecule has 0 radical (unpaired) electrons. The van der Waals surface area contributed by atoms with Gasteiger partial charge in [0.1, 0.15) is 5.69 Å². The van der Waals surface area contributed by atoms with Crippen LogP contribution in [0.15, 0.2) is 22.3 Å². The zero-order valence-electron chi connectivity index (χ0n) is 13.6. The van der Waals surface area contributed by atoms with Crippen LogP contribution in [0.2, 0.25) is 5.02 Å². The van der Waals surface area contributed by atoms with Crippen molar-refractivity contribution in [3.8, 4) is 0 Å². The van der Waals surface area contributed by atoms with Gasteiger partial charge in [-0.05, 0) is 24.7 Å². The highest BCUT2D eigenvalue weighted by Crippen LogP contribution is 2.29. The van der Waals surface area contributed by atoms with Crippen molar-refractivity contribution in [2.45, 2.75) is 19.5 Å². The van der Waals surface area contributed by atoms with E-state index in [1.807, 2.05) is 11.4 Å². The largest absolute Gasteiger partial charge is 0.349 e. The number of carbonyl (C=O) groups is 1. The molecule has 0 atom stereocenters. The topological polar surface area (TPSA) is 81.0 Å². The summed E-state index contributed by atoms with van der Waals surface area (Å²) in [5.74, 6) is -0.256. The molecule has 4 heterocycles. The molecule has 3 N–H and O–H groups in total. The summed E-state index contributed by atoms with van der Waals surface area (Å²) in [5.41, 5.74) is 3.75. The van der Waals surface area contributed by atoms with Crippen LogP contribution in [0.25, 0.3) is 10.2 Å². The van der Waals surface area contributed by atoms with Gasteiger partial charge in [0, 0.05) is 42.7 Å². The quantitative estimate of drug-likeness (QED) is 0.657. The van der Waals surface area contributed by atoms with Crippen LogP contribution < -0.4 is 10.9 Å². The molecule has 0 saturated heterocycles. The van der Waals surface area contributed by atoms with Gasteiger partial charge < -0.3 is 20.2 Å². The van der Waals surface area contributed by atoms with E-state index in [2.05, 4.69) is 27.2 Å². The number of thiophene rings is 1. The molecule has 6 nitrogen and oxygen atoms in total. The molecule has 1 aliphatic rings. The van der Waals surface area contributed by atoms with Crippen molar-refractivity contribution in [2.24, 2.45) is 0 Å². The zero-order valence-corrected chi connectivity index (χ0v) is 15.2. The number of aromatic nitrogens is 2. The van der Waals surface area contributed by atoms with Crippen LogP contribution in [-0.2, 0) is 19.5 Å². The Bertz CT molecular complexity index is 1020. The Morgan fingerprint density at radius 3 is 3.04 bits per heavy atom. The Morgan fingerprint density at radius 2 is 2.24 bits per heavy atom. The van der Waals surface area contributed by atoms with E-state index in [-0.39, 0.29) is 18.0 Å². The molecule has 0 unspecified atom stereocenters. The first-order valence-corrected chi connectivity index (χ1v) is 9.23. The van der Waals surface area contributed by atoms with Crippen LogP contribution in [0.4, 0.5) is 0 Å². The fourth-order valence-corrected chi connectivity index (χ4v) is 4.25. The van der Waals surface area contributed by atoms with Gasteiger partial charge in [-0.3, -0.25) is 9.59 Å². The van der Waals surface area contributed by atoms with Crippen molar-refractivity contribution in [1.82, 2.24) is 20.2 Å². The van der Waals surface area contributed by atoms with Crippen molar-refractivity contribution >= 4 is 39.1 Å². The summed E-state index contributed by atoms with van der Waals surface area (Å²) >= 11 is 7.54. The standard InChI is InChI=1S/C17H17ClN4O2S/c1-22-3-2-12-10(7-22)4-9(16(23)21-12)6-19-17(24)13-5-14-15(20-13)11(18)8-25-14/h4-5,8,20H,2-3,6-7H2,1H3,(H,19,24)(H,21,23). The molecule has 0 bridgehead atoms. The number of aromatic amines is 2. The molecule has 25 heavy (non-hydrogen) atoms. The highest BCUT2D eigenvalue weighted by molar-refractivity contribution is 7.17. The summed E-state index contributed by atoms with van der Waals surface area (Å²) in [6.07, 6.45) is 0.841. The van der Waals surface area contributed by atoms with Crippen molar-refractivity contribution in [1.29, 1.82) is 0 Å². The number of likely N-dealkylation sites (N-methyl/N-ethyl adjacent to an activating group) is 1. The van der Waals surface area contributed by atoms with Crippen molar-refractivity contribution in [2.75, 3.05) is 13.6 Å². The molecule has 3 aromatic heterocycles. The number of pyridine rings is 1. The minimum Gasteiger partial charge on any atom is -0.349 e.